The monoisotopic (exact) mass is 317 g/mol. The lowest BCUT2D eigenvalue weighted by molar-refractivity contribution is -0.127. The fourth-order valence-corrected chi connectivity index (χ4v) is 3.32. The van der Waals surface area contributed by atoms with E-state index in [4.69, 9.17) is 0 Å². The average Bonchev–Trinajstić information content (AvgIpc) is 2.64. The molecule has 0 spiro atoms. The van der Waals surface area contributed by atoms with Crippen molar-refractivity contribution in [3.05, 3.63) is 0 Å². The van der Waals surface area contributed by atoms with Crippen LogP contribution >= 0.6 is 12.4 Å². The number of nitrogens with one attached hydrogen (secondary N) is 3. The molecule has 3 N–H and O–H groups in total. The predicted molar refractivity (Wildman–Crippen MR) is 85.4 cm³/mol. The van der Waals surface area contributed by atoms with Crippen molar-refractivity contribution >= 4 is 24.2 Å². The van der Waals surface area contributed by atoms with Crippen molar-refractivity contribution in [3.8, 4) is 0 Å². The summed E-state index contributed by atoms with van der Waals surface area (Å²) in [5, 5.41) is 9.14. The molecule has 122 valence electrons. The summed E-state index contributed by atoms with van der Waals surface area (Å²) in [6.07, 6.45) is 5.24. The molecule has 2 aliphatic heterocycles. The highest BCUT2D eigenvalue weighted by molar-refractivity contribution is 5.85. The summed E-state index contributed by atoms with van der Waals surface area (Å²) >= 11 is 0. The molecule has 0 radical (unpaired) electrons. The van der Waals surface area contributed by atoms with Crippen LogP contribution in [0.3, 0.4) is 0 Å². The fourth-order valence-electron chi connectivity index (χ4n) is 3.32. The Hall–Kier alpha value is -0.810. The molecule has 2 aliphatic rings. The molecule has 0 aromatic carbocycles. The Labute approximate surface area is 133 Å². The lowest BCUT2D eigenvalue weighted by atomic mass is 9.89. The number of halogens is 1. The zero-order valence-electron chi connectivity index (χ0n) is 13.2. The third kappa shape index (κ3) is 6.22. The van der Waals surface area contributed by atoms with Crippen LogP contribution in [-0.4, -0.2) is 36.0 Å². The summed E-state index contributed by atoms with van der Waals surface area (Å²) in [6, 6.07) is 1.21. The molecule has 0 aliphatic carbocycles. The first-order valence-electron chi connectivity index (χ1n) is 7.65. The van der Waals surface area contributed by atoms with E-state index in [0.717, 1.165) is 12.8 Å². The molecule has 6 heteroatoms. The minimum atomic E-state index is -0.254. The summed E-state index contributed by atoms with van der Waals surface area (Å²) in [5.74, 6) is 0.344. The highest BCUT2D eigenvalue weighted by Gasteiger charge is 2.34. The Morgan fingerprint density at radius 3 is 2.19 bits per heavy atom. The summed E-state index contributed by atoms with van der Waals surface area (Å²) in [7, 11) is 0. The van der Waals surface area contributed by atoms with Gasteiger partial charge in [-0.15, -0.1) is 12.4 Å². The third-order valence-corrected chi connectivity index (χ3v) is 4.01. The summed E-state index contributed by atoms with van der Waals surface area (Å²) < 4.78 is 0. The van der Waals surface area contributed by atoms with E-state index in [0.29, 0.717) is 24.4 Å². The molecule has 0 aromatic heterocycles. The molecule has 2 atom stereocenters. The van der Waals surface area contributed by atoms with Crippen LogP contribution < -0.4 is 16.0 Å². The highest BCUT2D eigenvalue weighted by Crippen LogP contribution is 2.32. The normalized spacial score (nSPS) is 27.7. The zero-order valence-corrected chi connectivity index (χ0v) is 14.0. The molecule has 2 saturated heterocycles. The van der Waals surface area contributed by atoms with E-state index >= 15 is 0 Å². The lowest BCUT2D eigenvalue weighted by Crippen LogP contribution is -2.46. The SMILES string of the molecule is CC(C)(C)NC(=O)CNC(=O)CC1CC2CCC(C1)N2.Cl. The van der Waals surface area contributed by atoms with Crippen molar-refractivity contribution in [2.75, 3.05) is 6.54 Å². The number of rotatable bonds is 4. The number of carbonyl (C=O) groups excluding carboxylic acids is 2. The van der Waals surface area contributed by atoms with E-state index < -0.39 is 0 Å². The van der Waals surface area contributed by atoms with Gasteiger partial charge < -0.3 is 16.0 Å². The molecule has 0 aromatic rings. The van der Waals surface area contributed by atoms with Crippen molar-refractivity contribution in [2.24, 2.45) is 5.92 Å². The van der Waals surface area contributed by atoms with Crippen molar-refractivity contribution in [2.45, 2.75) is 70.5 Å². The second-order valence-corrected chi connectivity index (χ2v) is 7.25. The Morgan fingerprint density at radius 1 is 1.10 bits per heavy atom. The van der Waals surface area contributed by atoms with E-state index in [9.17, 15) is 9.59 Å². The minimum absolute atomic E-state index is 0. The number of piperidine rings is 1. The number of hydrogen-bond acceptors (Lipinski definition) is 3. The quantitative estimate of drug-likeness (QED) is 0.733. The lowest BCUT2D eigenvalue weighted by Gasteiger charge is -2.28. The van der Waals surface area contributed by atoms with Gasteiger partial charge in [0, 0.05) is 24.0 Å². The summed E-state index contributed by atoms with van der Waals surface area (Å²) in [6.45, 7) is 5.86. The number of fused-ring (bicyclic) bond motifs is 2. The molecule has 5 nitrogen and oxygen atoms in total. The molecule has 2 unspecified atom stereocenters. The van der Waals surface area contributed by atoms with Crippen LogP contribution in [0, 0.1) is 5.92 Å². The van der Waals surface area contributed by atoms with Gasteiger partial charge in [0.2, 0.25) is 11.8 Å². The maximum atomic E-state index is 11.9. The zero-order chi connectivity index (χ0) is 14.8. The molecular weight excluding hydrogens is 290 g/mol. The van der Waals surface area contributed by atoms with Crippen molar-refractivity contribution in [1.82, 2.24) is 16.0 Å². The van der Waals surface area contributed by atoms with E-state index in [1.54, 1.807) is 0 Å². The Morgan fingerprint density at radius 2 is 1.67 bits per heavy atom. The standard InChI is InChI=1S/C15H27N3O2.ClH/c1-15(2,3)18-14(20)9-16-13(19)8-10-6-11-4-5-12(7-10)17-11;/h10-12,17H,4-9H2,1-3H3,(H,16,19)(H,18,20);1H. The molecule has 2 bridgehead atoms. The van der Waals surface area contributed by atoms with Gasteiger partial charge >= 0.3 is 0 Å². The van der Waals surface area contributed by atoms with Crippen molar-refractivity contribution < 1.29 is 9.59 Å². The van der Waals surface area contributed by atoms with Gasteiger partial charge in [-0.1, -0.05) is 0 Å². The minimum Gasteiger partial charge on any atom is -0.350 e. The first-order chi connectivity index (χ1) is 9.32. The Balaban J connectivity index is 0.00000220. The predicted octanol–water partition coefficient (Wildman–Crippen LogP) is 1.36. The fraction of sp³-hybridized carbons (Fsp3) is 0.867. The van der Waals surface area contributed by atoms with Crippen LogP contribution in [0.4, 0.5) is 0 Å². The first kappa shape index (κ1) is 18.2. The van der Waals surface area contributed by atoms with Crippen molar-refractivity contribution in [3.63, 3.8) is 0 Å². The van der Waals surface area contributed by atoms with Gasteiger partial charge in [-0.05, 0) is 52.4 Å². The van der Waals surface area contributed by atoms with Gasteiger partial charge in [0.25, 0.3) is 0 Å². The van der Waals surface area contributed by atoms with Gasteiger partial charge in [-0.2, -0.15) is 0 Å². The van der Waals surface area contributed by atoms with Crippen molar-refractivity contribution in [1.29, 1.82) is 0 Å². The van der Waals surface area contributed by atoms with Crippen LogP contribution in [-0.2, 0) is 9.59 Å². The van der Waals surface area contributed by atoms with E-state index in [2.05, 4.69) is 16.0 Å². The highest BCUT2D eigenvalue weighted by atomic mass is 35.5. The summed E-state index contributed by atoms with van der Waals surface area (Å²) in [4.78, 5) is 23.5. The second kappa shape index (κ2) is 7.45. The molecule has 21 heavy (non-hydrogen) atoms. The van der Waals surface area contributed by atoms with Gasteiger partial charge in [0.1, 0.15) is 0 Å². The van der Waals surface area contributed by atoms with Gasteiger partial charge in [0.05, 0.1) is 6.54 Å². The third-order valence-electron chi connectivity index (χ3n) is 4.01. The summed E-state index contributed by atoms with van der Waals surface area (Å²) in [5.41, 5.74) is -0.254. The number of hydrogen-bond donors (Lipinski definition) is 3. The molecule has 2 amide bonds. The van der Waals surface area contributed by atoms with Crippen LogP contribution in [0.5, 0.6) is 0 Å². The first-order valence-corrected chi connectivity index (χ1v) is 7.65. The molecule has 2 heterocycles. The topological polar surface area (TPSA) is 70.2 Å². The van der Waals surface area contributed by atoms with Crippen LogP contribution in [0.2, 0.25) is 0 Å². The van der Waals surface area contributed by atoms with E-state index in [1.165, 1.54) is 12.8 Å². The number of amides is 2. The molecule has 2 fully saturated rings. The number of carbonyl (C=O) groups is 2. The Bertz CT molecular complexity index is 370. The average molecular weight is 318 g/mol. The maximum absolute atomic E-state index is 11.9. The second-order valence-electron chi connectivity index (χ2n) is 7.25. The largest absolute Gasteiger partial charge is 0.350 e. The van der Waals surface area contributed by atoms with Crippen LogP contribution in [0.15, 0.2) is 0 Å². The molecule has 2 rings (SSSR count). The van der Waals surface area contributed by atoms with Gasteiger partial charge in [-0.25, -0.2) is 0 Å². The smallest absolute Gasteiger partial charge is 0.239 e. The molecular formula is C15H28ClN3O2. The van der Waals surface area contributed by atoms with Gasteiger partial charge in [-0.3, -0.25) is 9.59 Å². The maximum Gasteiger partial charge on any atom is 0.239 e. The van der Waals surface area contributed by atoms with Crippen LogP contribution in [0.25, 0.3) is 0 Å². The van der Waals surface area contributed by atoms with E-state index in [-0.39, 0.29) is 36.3 Å². The van der Waals surface area contributed by atoms with E-state index in [1.807, 2.05) is 20.8 Å². The molecule has 0 saturated carbocycles. The van der Waals surface area contributed by atoms with Gasteiger partial charge in [0.15, 0.2) is 0 Å². The Kier molecular flexibility index (Phi) is 6.47. The van der Waals surface area contributed by atoms with Crippen LogP contribution in [0.1, 0.15) is 52.9 Å².